The van der Waals surface area contributed by atoms with E-state index in [0.717, 1.165) is 25.7 Å². The van der Waals surface area contributed by atoms with Crippen LogP contribution in [0.2, 0.25) is 0 Å². The Balaban J connectivity index is 0.000000154. The van der Waals surface area contributed by atoms with Crippen LogP contribution >= 0.6 is 23.2 Å². The van der Waals surface area contributed by atoms with E-state index in [0.29, 0.717) is 77.0 Å². The average Bonchev–Trinajstić information content (AvgIpc) is 1.70. The highest BCUT2D eigenvalue weighted by Crippen LogP contribution is 2.69. The first-order valence-corrected chi connectivity index (χ1v) is 39.2. The molecule has 8 bridgehead atoms. The highest BCUT2D eigenvalue weighted by molar-refractivity contribution is 6.40. The predicted octanol–water partition coefficient (Wildman–Crippen LogP) is 17.8. The molecule has 16 aliphatic heterocycles. The summed E-state index contributed by atoms with van der Waals surface area (Å²) in [6.45, 7) is 23.5. The van der Waals surface area contributed by atoms with Crippen LogP contribution in [-0.2, 0) is 95.9 Å². The third kappa shape index (κ3) is 14.1. The molecular weight excluding hydrogens is 1520 g/mol. The SMILES string of the molecule is C=CCOCC1=C(C(F)(F)F)O[C@@H]2O[C@]3(C)CCC4[C@H](C)CC[C@@H]1[C@]42OO3.C=CCO[C@@]1(C(F)(F)F)O[C@@H]2O[C@]3(C)CCC4[C@H](C)CC[C@@H]([C@H]1C)[C@]42OO3.C[C@@H]1CC[C@H]2C(COC/C=C/CO[C@@]3(C(F)(F)F)O[C@@H]4O[C@]5(C)CCC6[C@H](C)CC[C@@H]([C@H]3C)[C@]64OO5)=C(C(F)(F)F)O[C@@H]3O[C@@]4(C)CCC1[C@]32OO4.ClCCl. The topological polar surface area (TPSA) is 185 Å². The van der Waals surface area contributed by atoms with Crippen molar-refractivity contribution in [3.63, 3.8) is 0 Å². The van der Waals surface area contributed by atoms with Gasteiger partial charge in [-0.15, -0.1) is 36.4 Å². The van der Waals surface area contributed by atoms with Crippen molar-refractivity contribution in [2.45, 2.75) is 279 Å². The standard InChI is InChI=1S/C36H48F6O10.C19H27F3O5.C19H25F3O5.CH2Cl2/c1-19-8-10-25-21(3)34(36(40,41)42,48-29-32(25)23(19)12-15-31(5,47-29)50-51-32)44-17-7-6-16-43-18-22-26-11-9-20(2)24-13-14-30(4)46-28(33(24,26)52-49-30)45-27(22)35(37,38)39;1-5-10-23-18(19(20,21)22)12(3)14-7-6-11(2)13-8-9-16(4)24-15(25-18)17(13,14)27-26-16;1-4-9-23-10-12-14-6-5-11(2)13-7-8-17(3)25-16(18(13,14)27-26-17)24-15(12)19(20,21)22;2-1-3/h6-7,19-21,23-26,28-29H,8-18H2,1-5H3;5,11-15H,1,6-10H2,2-4H3;4,11,13-14,16H,1,5-10H2,2-3H3;1H2/b7-6+;;;/t19-,20-,21-,23?,24?,25+,26+,28-,29+,30-,31+,32-,33-,34-;11-,12-,13?,14+,15+,16+,17-,18-;11-,13?,14+,16-,17+,18-;/m111./s1. The monoisotopic (exact) mass is 1620 g/mol. The molecule has 4 unspecified atom stereocenters. The van der Waals surface area contributed by atoms with Gasteiger partial charge in [0.05, 0.1) is 45.0 Å². The van der Waals surface area contributed by atoms with E-state index in [4.69, 9.17) is 119 Å². The molecule has 0 aromatic carbocycles. The molecule has 20 rings (SSSR count). The summed E-state index contributed by atoms with van der Waals surface area (Å²) >= 11 is 9.53. The van der Waals surface area contributed by atoms with E-state index < -0.39 is 167 Å². The molecule has 20 nitrogen and oxygen atoms in total. The molecule has 34 heteroatoms. The molecule has 0 aromatic rings. The largest absolute Gasteiger partial charge is 0.456 e. The van der Waals surface area contributed by atoms with E-state index in [1.54, 1.807) is 27.7 Å². The second-order valence-corrected chi connectivity index (χ2v) is 34.2. The zero-order valence-corrected chi connectivity index (χ0v) is 64.3. The van der Waals surface area contributed by atoms with Gasteiger partial charge in [0, 0.05) is 84.2 Å². The van der Waals surface area contributed by atoms with Crippen molar-refractivity contribution in [3.8, 4) is 0 Å². The maximum Gasteiger partial charge on any atom is 0.449 e. The number of hydrogen-bond donors (Lipinski definition) is 0. The molecule has 28 atom stereocenters. The first-order chi connectivity index (χ1) is 51.1. The van der Waals surface area contributed by atoms with Crippen LogP contribution in [0.3, 0.4) is 0 Å². The van der Waals surface area contributed by atoms with E-state index >= 15 is 13.2 Å². The van der Waals surface area contributed by atoms with Gasteiger partial charge in [0.15, 0.2) is 35.0 Å². The van der Waals surface area contributed by atoms with Crippen molar-refractivity contribution in [2.75, 3.05) is 45.0 Å². The molecule has 18 fully saturated rings. The molecule has 4 aliphatic carbocycles. The van der Waals surface area contributed by atoms with Crippen molar-refractivity contribution < 1.29 is 149 Å². The van der Waals surface area contributed by atoms with E-state index in [9.17, 15) is 39.5 Å². The summed E-state index contributed by atoms with van der Waals surface area (Å²) in [5, 5.41) is 0.194. The smallest absolute Gasteiger partial charge is 0.449 e. The summed E-state index contributed by atoms with van der Waals surface area (Å²) in [5.74, 6) is -16.7. The fourth-order valence-corrected chi connectivity index (χ4v) is 21.8. The Morgan fingerprint density at radius 1 is 0.385 bits per heavy atom. The molecule has 0 N–H and O–H groups in total. The summed E-state index contributed by atoms with van der Waals surface area (Å²) < 4.78 is 242. The Morgan fingerprint density at radius 3 is 1.05 bits per heavy atom. The van der Waals surface area contributed by atoms with E-state index in [1.165, 1.54) is 38.2 Å². The Morgan fingerprint density at radius 2 is 0.697 bits per heavy atom. The second kappa shape index (κ2) is 30.4. The zero-order valence-electron chi connectivity index (χ0n) is 62.8. The Hall–Kier alpha value is -2.68. The van der Waals surface area contributed by atoms with Gasteiger partial charge in [-0.3, -0.25) is 0 Å². The lowest BCUT2D eigenvalue weighted by Gasteiger charge is -2.62. The van der Waals surface area contributed by atoms with Crippen LogP contribution in [0.5, 0.6) is 0 Å². The van der Waals surface area contributed by atoms with Crippen molar-refractivity contribution >= 4 is 23.2 Å². The zero-order chi connectivity index (χ0) is 78.9. The fourth-order valence-electron chi connectivity index (χ4n) is 21.8. The highest BCUT2D eigenvalue weighted by Gasteiger charge is 2.80. The van der Waals surface area contributed by atoms with Crippen LogP contribution in [0, 0.1) is 82.9 Å². The summed E-state index contributed by atoms with van der Waals surface area (Å²) in [6, 6.07) is 0. The van der Waals surface area contributed by atoms with Crippen LogP contribution in [0.15, 0.2) is 60.1 Å². The Kier molecular flexibility index (Phi) is 23.5. The van der Waals surface area contributed by atoms with Gasteiger partial charge in [0.1, 0.15) is 0 Å². The molecular formula is C75H102Cl2F12O20. The van der Waals surface area contributed by atoms with Crippen molar-refractivity contribution in [3.05, 3.63) is 60.1 Å². The minimum atomic E-state index is -4.94. The predicted molar refractivity (Wildman–Crippen MR) is 357 cm³/mol. The third-order valence-electron chi connectivity index (χ3n) is 27.1. The summed E-state index contributed by atoms with van der Waals surface area (Å²) in [4.78, 5) is 46.4. The van der Waals surface area contributed by atoms with Gasteiger partial charge >= 0.3 is 24.7 Å². The van der Waals surface area contributed by atoms with Crippen LogP contribution < -0.4 is 0 Å². The van der Waals surface area contributed by atoms with Crippen LogP contribution in [-0.4, -0.2) is 152 Å². The first-order valence-electron chi connectivity index (χ1n) is 38.1. The van der Waals surface area contributed by atoms with E-state index in [-0.39, 0.29) is 90.3 Å². The normalized spacial score (nSPS) is 47.8. The lowest BCUT2D eigenvalue weighted by molar-refractivity contribution is -0.598. The first kappa shape index (κ1) is 84.2. The summed E-state index contributed by atoms with van der Waals surface area (Å²) in [5.41, 5.74) is -4.66. The Bertz CT molecular complexity index is 3390. The number of hydrogen-bond acceptors (Lipinski definition) is 20. The van der Waals surface area contributed by atoms with Crippen LogP contribution in [0.1, 0.15) is 172 Å². The molecule has 0 aromatic heterocycles. The molecule has 20 aliphatic rings. The number of fused-ring (bicyclic) bond motifs is 8. The van der Waals surface area contributed by atoms with Gasteiger partial charge in [-0.25, -0.2) is 39.1 Å². The fraction of sp³-hybridized carbons (Fsp3) is 0.867. The van der Waals surface area contributed by atoms with Crippen LogP contribution in [0.4, 0.5) is 52.7 Å². The molecule has 4 spiro atoms. The van der Waals surface area contributed by atoms with E-state index in [2.05, 4.69) is 33.9 Å². The molecule has 0 amide bonds. The molecule has 620 valence electrons. The minimum absolute atomic E-state index is 0.00124. The summed E-state index contributed by atoms with van der Waals surface area (Å²) in [6.07, 6.45) is -8.96. The lowest BCUT2D eigenvalue weighted by atomic mass is 9.57. The Labute approximate surface area is 636 Å². The quantitative estimate of drug-likeness (QED) is 0.0525. The molecule has 0 radical (unpaired) electrons. The van der Waals surface area contributed by atoms with Gasteiger partial charge in [-0.1, -0.05) is 65.8 Å². The number of ether oxygens (including phenoxy) is 12. The van der Waals surface area contributed by atoms with Gasteiger partial charge in [-0.05, 0) is 140 Å². The average molecular weight is 1620 g/mol. The number of alkyl halides is 14. The molecule has 109 heavy (non-hydrogen) atoms. The molecule has 14 saturated heterocycles. The number of rotatable bonds is 14. The van der Waals surface area contributed by atoms with Gasteiger partial charge in [0.25, 0.3) is 11.6 Å². The van der Waals surface area contributed by atoms with Gasteiger partial charge < -0.3 is 56.8 Å². The van der Waals surface area contributed by atoms with E-state index in [1.807, 2.05) is 6.92 Å². The van der Waals surface area contributed by atoms with Crippen LogP contribution in [0.25, 0.3) is 0 Å². The molecule has 16 heterocycles. The van der Waals surface area contributed by atoms with Gasteiger partial charge in [-0.2, -0.15) is 52.7 Å². The van der Waals surface area contributed by atoms with Crippen molar-refractivity contribution in [2.24, 2.45) is 82.9 Å². The minimum Gasteiger partial charge on any atom is -0.456 e. The second-order valence-electron chi connectivity index (χ2n) is 33.4. The molecule has 4 saturated carbocycles. The maximum absolute atomic E-state index is 15.1. The van der Waals surface area contributed by atoms with Crippen molar-refractivity contribution in [1.82, 2.24) is 0 Å². The summed E-state index contributed by atoms with van der Waals surface area (Å²) in [7, 11) is 0. The maximum atomic E-state index is 15.1. The van der Waals surface area contributed by atoms with Gasteiger partial charge in [0.2, 0.25) is 47.2 Å². The lowest BCUT2D eigenvalue weighted by Crippen LogP contribution is -2.76. The number of halogens is 14. The van der Waals surface area contributed by atoms with Crippen molar-refractivity contribution in [1.29, 1.82) is 0 Å². The third-order valence-corrected chi connectivity index (χ3v) is 27.1. The number of allylic oxidation sites excluding steroid dienone is 2. The highest BCUT2D eigenvalue weighted by atomic mass is 35.5.